The van der Waals surface area contributed by atoms with Gasteiger partial charge in [-0.15, -0.1) is 0 Å². The van der Waals surface area contributed by atoms with Gasteiger partial charge in [-0.3, -0.25) is 0 Å². The number of allylic oxidation sites excluding steroid dienone is 2. The Morgan fingerprint density at radius 1 is 0.853 bits per heavy atom. The van der Waals surface area contributed by atoms with E-state index < -0.39 is 7.12 Å². The molecule has 4 heteroatoms. The molecule has 0 bridgehead atoms. The van der Waals surface area contributed by atoms with Crippen molar-refractivity contribution in [2.75, 3.05) is 0 Å². The molecule has 0 aliphatic heterocycles. The van der Waals surface area contributed by atoms with Gasteiger partial charge in [0, 0.05) is 16.8 Å². The van der Waals surface area contributed by atoms with Crippen LogP contribution in [0.25, 0.3) is 55.7 Å². The fourth-order valence-electron chi connectivity index (χ4n) is 5.51. The zero-order valence-corrected chi connectivity index (χ0v) is 19.0. The SMILES string of the molecule is C=C/C(=C\c1c(CC)c2c3cccc4c3c(cc2n1-c1ccccc1)-c1ccccc1-4)B(O)O. The lowest BCUT2D eigenvalue weighted by molar-refractivity contribution is 0.421. The van der Waals surface area contributed by atoms with Gasteiger partial charge in [0.25, 0.3) is 0 Å². The summed E-state index contributed by atoms with van der Waals surface area (Å²) in [4.78, 5) is 0. The highest BCUT2D eigenvalue weighted by Gasteiger charge is 2.26. The first-order valence-corrected chi connectivity index (χ1v) is 11.6. The van der Waals surface area contributed by atoms with Crippen LogP contribution in [0.2, 0.25) is 0 Å². The molecule has 1 aliphatic carbocycles. The van der Waals surface area contributed by atoms with E-state index in [-0.39, 0.29) is 0 Å². The Bertz CT molecular complexity index is 1630. The molecule has 34 heavy (non-hydrogen) atoms. The number of aryl methyl sites for hydroxylation is 1. The molecule has 3 nitrogen and oxygen atoms in total. The molecule has 0 saturated carbocycles. The van der Waals surface area contributed by atoms with Gasteiger partial charge in [0.1, 0.15) is 0 Å². The predicted molar refractivity (Wildman–Crippen MR) is 143 cm³/mol. The van der Waals surface area contributed by atoms with Crippen molar-refractivity contribution >= 4 is 34.9 Å². The summed E-state index contributed by atoms with van der Waals surface area (Å²) in [7, 11) is -1.59. The number of rotatable bonds is 5. The maximum absolute atomic E-state index is 9.95. The fraction of sp³-hybridized carbons (Fsp3) is 0.0667. The van der Waals surface area contributed by atoms with Gasteiger partial charge in [0.15, 0.2) is 0 Å². The Labute approximate surface area is 199 Å². The average Bonchev–Trinajstić information content (AvgIpc) is 3.36. The van der Waals surface area contributed by atoms with E-state index >= 15 is 0 Å². The van der Waals surface area contributed by atoms with Crippen molar-refractivity contribution in [2.24, 2.45) is 0 Å². The molecule has 1 heterocycles. The van der Waals surface area contributed by atoms with Crippen LogP contribution in [-0.2, 0) is 6.42 Å². The minimum atomic E-state index is -1.59. The van der Waals surface area contributed by atoms with E-state index in [0.29, 0.717) is 5.47 Å². The molecule has 6 rings (SSSR count). The first-order valence-electron chi connectivity index (χ1n) is 11.6. The minimum Gasteiger partial charge on any atom is -0.423 e. The molecule has 5 aromatic rings. The van der Waals surface area contributed by atoms with Crippen LogP contribution >= 0.6 is 0 Å². The van der Waals surface area contributed by atoms with E-state index in [1.807, 2.05) is 24.3 Å². The highest BCUT2D eigenvalue weighted by Crippen LogP contribution is 2.50. The van der Waals surface area contributed by atoms with Crippen LogP contribution in [0.1, 0.15) is 18.2 Å². The highest BCUT2D eigenvalue weighted by molar-refractivity contribution is 6.53. The standard InChI is InChI=1S/C30H24BNO2/c1-3-19(31(33)34)17-27-21(4-2)30-25-16-10-15-24-22-13-8-9-14-23(22)26(29(24)25)18-28(30)32(27)20-11-6-5-7-12-20/h3,5-18,33-34H,1,4H2,2H3/b19-17+. The largest absolute Gasteiger partial charge is 0.488 e. The topological polar surface area (TPSA) is 45.4 Å². The highest BCUT2D eigenvalue weighted by atomic mass is 16.4. The average molecular weight is 441 g/mol. The Balaban J connectivity index is 1.83. The van der Waals surface area contributed by atoms with E-state index in [0.717, 1.165) is 23.3 Å². The molecule has 0 atom stereocenters. The summed E-state index contributed by atoms with van der Waals surface area (Å²) >= 11 is 0. The number of para-hydroxylation sites is 1. The first-order chi connectivity index (χ1) is 16.6. The third-order valence-corrected chi connectivity index (χ3v) is 6.95. The molecule has 1 aliphatic rings. The lowest BCUT2D eigenvalue weighted by Crippen LogP contribution is -2.14. The van der Waals surface area contributed by atoms with Gasteiger partial charge in [0.2, 0.25) is 0 Å². The van der Waals surface area contributed by atoms with Crippen LogP contribution in [0, 0.1) is 0 Å². The van der Waals surface area contributed by atoms with Crippen molar-refractivity contribution in [3.8, 4) is 27.9 Å². The Morgan fingerprint density at radius 3 is 2.21 bits per heavy atom. The number of benzene rings is 4. The normalized spacial score (nSPS) is 12.4. The van der Waals surface area contributed by atoms with Crippen LogP contribution in [-0.4, -0.2) is 21.7 Å². The molecule has 1 aromatic heterocycles. The van der Waals surface area contributed by atoms with E-state index in [1.165, 1.54) is 50.1 Å². The summed E-state index contributed by atoms with van der Waals surface area (Å²) in [5.41, 5.74) is 9.69. The molecule has 0 radical (unpaired) electrons. The number of hydrogen-bond donors (Lipinski definition) is 2. The Morgan fingerprint density at radius 2 is 1.53 bits per heavy atom. The summed E-state index contributed by atoms with van der Waals surface area (Å²) in [5, 5.41) is 23.6. The van der Waals surface area contributed by atoms with Crippen molar-refractivity contribution in [3.05, 3.63) is 108 Å². The van der Waals surface area contributed by atoms with Crippen molar-refractivity contribution in [2.45, 2.75) is 13.3 Å². The number of aromatic nitrogens is 1. The van der Waals surface area contributed by atoms with Crippen LogP contribution in [0.4, 0.5) is 0 Å². The number of nitrogens with zero attached hydrogens (tertiary/aromatic N) is 1. The second kappa shape index (κ2) is 7.87. The zero-order chi connectivity index (χ0) is 23.4. The third kappa shape index (κ3) is 2.86. The third-order valence-electron chi connectivity index (χ3n) is 6.95. The molecular formula is C30H24BNO2. The van der Waals surface area contributed by atoms with Crippen LogP contribution < -0.4 is 0 Å². The van der Waals surface area contributed by atoms with E-state index in [4.69, 9.17) is 0 Å². The van der Waals surface area contributed by atoms with Crippen molar-refractivity contribution in [1.29, 1.82) is 0 Å². The van der Waals surface area contributed by atoms with E-state index in [2.05, 4.69) is 78.7 Å². The van der Waals surface area contributed by atoms with Gasteiger partial charge in [0.05, 0.1) is 5.52 Å². The van der Waals surface area contributed by atoms with Crippen LogP contribution in [0.3, 0.4) is 0 Å². The predicted octanol–water partition coefficient (Wildman–Crippen LogP) is 6.57. The van der Waals surface area contributed by atoms with Gasteiger partial charge < -0.3 is 14.6 Å². The fourth-order valence-corrected chi connectivity index (χ4v) is 5.51. The monoisotopic (exact) mass is 441 g/mol. The zero-order valence-electron chi connectivity index (χ0n) is 19.0. The van der Waals surface area contributed by atoms with Crippen LogP contribution in [0.5, 0.6) is 0 Å². The molecular weight excluding hydrogens is 417 g/mol. The first kappa shape index (κ1) is 20.7. The van der Waals surface area contributed by atoms with Gasteiger partial charge in [-0.1, -0.05) is 80.2 Å². The summed E-state index contributed by atoms with van der Waals surface area (Å²) in [6.07, 6.45) is 4.18. The van der Waals surface area contributed by atoms with Crippen molar-refractivity contribution in [3.63, 3.8) is 0 Å². The molecule has 0 unspecified atom stereocenters. The van der Waals surface area contributed by atoms with Gasteiger partial charge in [-0.25, -0.2) is 0 Å². The van der Waals surface area contributed by atoms with Gasteiger partial charge in [-0.2, -0.15) is 0 Å². The Hall–Kier alpha value is -3.86. The molecule has 164 valence electrons. The molecule has 0 spiro atoms. The summed E-state index contributed by atoms with van der Waals surface area (Å²) < 4.78 is 2.24. The van der Waals surface area contributed by atoms with Crippen molar-refractivity contribution < 1.29 is 10.0 Å². The Kier molecular flexibility index (Phi) is 4.80. The molecule has 4 aromatic carbocycles. The minimum absolute atomic E-state index is 0.373. The van der Waals surface area contributed by atoms with E-state index in [1.54, 1.807) is 0 Å². The van der Waals surface area contributed by atoms with E-state index in [9.17, 15) is 10.0 Å². The molecule has 2 N–H and O–H groups in total. The molecule has 0 fully saturated rings. The second-order valence-corrected chi connectivity index (χ2v) is 8.70. The summed E-state index contributed by atoms with van der Waals surface area (Å²) in [6, 6.07) is 27.7. The van der Waals surface area contributed by atoms with Gasteiger partial charge in [-0.05, 0) is 74.8 Å². The maximum Gasteiger partial charge on any atom is 0.488 e. The number of hydrogen-bond acceptors (Lipinski definition) is 2. The lowest BCUT2D eigenvalue weighted by Gasteiger charge is -2.12. The smallest absolute Gasteiger partial charge is 0.423 e. The maximum atomic E-state index is 9.95. The summed E-state index contributed by atoms with van der Waals surface area (Å²) in [5.74, 6) is 0. The molecule has 0 amide bonds. The molecule has 0 saturated heterocycles. The van der Waals surface area contributed by atoms with Crippen LogP contribution in [0.15, 0.2) is 97.0 Å². The lowest BCUT2D eigenvalue weighted by atomic mass is 9.78. The summed E-state index contributed by atoms with van der Waals surface area (Å²) in [6.45, 7) is 5.96. The quantitative estimate of drug-likeness (QED) is 0.235. The van der Waals surface area contributed by atoms with Gasteiger partial charge >= 0.3 is 7.12 Å². The second-order valence-electron chi connectivity index (χ2n) is 8.70. The van der Waals surface area contributed by atoms with Crippen molar-refractivity contribution in [1.82, 2.24) is 4.57 Å². The number of fused-ring (bicyclic) bond motifs is 5.